The quantitative estimate of drug-likeness (QED) is 0.598. The number of carbonyl (C=O) groups excluding carboxylic acids is 1. The van der Waals surface area contributed by atoms with Crippen LogP contribution in [-0.2, 0) is 15.9 Å². The molecule has 2 heterocycles. The third kappa shape index (κ3) is 3.61. The molecule has 6 heteroatoms. The summed E-state index contributed by atoms with van der Waals surface area (Å²) < 4.78 is 19.6. The second kappa shape index (κ2) is 7.80. The summed E-state index contributed by atoms with van der Waals surface area (Å²) in [6.07, 6.45) is 4.43. The van der Waals surface area contributed by atoms with E-state index in [2.05, 4.69) is 0 Å². The van der Waals surface area contributed by atoms with Crippen LogP contribution >= 0.6 is 0 Å². The Kier molecular flexibility index (Phi) is 4.83. The van der Waals surface area contributed by atoms with E-state index in [4.69, 9.17) is 14.0 Å². The highest BCUT2D eigenvalue weighted by Crippen LogP contribution is 2.35. The summed E-state index contributed by atoms with van der Waals surface area (Å²) in [7, 11) is 1.61. The zero-order chi connectivity index (χ0) is 21.3. The van der Waals surface area contributed by atoms with E-state index in [1.54, 1.807) is 7.11 Å². The molecule has 2 atom stereocenters. The molecule has 0 aromatic heterocycles. The van der Waals surface area contributed by atoms with Gasteiger partial charge in [0.05, 0.1) is 18.4 Å². The number of hydrogen-bond acceptors (Lipinski definition) is 4. The van der Waals surface area contributed by atoms with Crippen molar-refractivity contribution < 1.29 is 23.3 Å². The minimum Gasteiger partial charge on any atom is -0.619 e. The summed E-state index contributed by atoms with van der Waals surface area (Å²) in [6.45, 7) is -2.19. The zero-order valence-corrected chi connectivity index (χ0v) is 17.2. The van der Waals surface area contributed by atoms with Crippen molar-refractivity contribution in [2.24, 2.45) is 0 Å². The van der Waals surface area contributed by atoms with Gasteiger partial charge in [-0.15, -0.1) is 0 Å². The normalized spacial score (nSPS) is 21.6. The Labute approximate surface area is 181 Å². The number of benzene rings is 3. The fourth-order valence-electron chi connectivity index (χ4n) is 4.15. The number of rotatable bonds is 5. The predicted molar refractivity (Wildman–Crippen MR) is 120 cm³/mol. The molecule has 1 fully saturated rings. The molecule has 2 aliphatic heterocycles. The smallest absolute Gasteiger partial charge is 0.619 e. The van der Waals surface area contributed by atoms with Crippen LogP contribution in [0, 0.1) is 0 Å². The predicted octanol–water partition coefficient (Wildman–Crippen LogP) is 3.88. The van der Waals surface area contributed by atoms with Crippen LogP contribution in [0.15, 0.2) is 84.8 Å². The fraction of sp³-hybridized carbons (Fsp3) is 0.120. The van der Waals surface area contributed by atoms with Crippen LogP contribution in [0.3, 0.4) is 0 Å². The Bertz CT molecular complexity index is 1180. The highest BCUT2D eigenvalue weighted by Gasteiger charge is 2.59. The first-order valence-corrected chi connectivity index (χ1v) is 10.3. The Morgan fingerprint density at radius 2 is 1.74 bits per heavy atom. The van der Waals surface area contributed by atoms with E-state index >= 15 is 0 Å². The molecule has 2 unspecified atom stereocenters. The van der Waals surface area contributed by atoms with Gasteiger partial charge in [-0.3, -0.25) is 0 Å². The van der Waals surface area contributed by atoms with Crippen molar-refractivity contribution in [2.45, 2.75) is 12.5 Å². The van der Waals surface area contributed by atoms with E-state index in [-0.39, 0.29) is 5.97 Å². The number of methoxy groups -OCH3 is 1. The lowest BCUT2D eigenvalue weighted by Crippen LogP contribution is -2.54. The van der Waals surface area contributed by atoms with Gasteiger partial charge in [0.25, 0.3) is 0 Å². The topological polar surface area (TPSA) is 47.8 Å². The van der Waals surface area contributed by atoms with Gasteiger partial charge in [-0.05, 0) is 23.3 Å². The molecule has 3 aromatic rings. The minimum absolute atomic E-state index is 0.294. The molecule has 0 radical (unpaired) electrons. The van der Waals surface area contributed by atoms with Crippen molar-refractivity contribution in [3.05, 3.63) is 102 Å². The van der Waals surface area contributed by atoms with E-state index in [1.807, 2.05) is 102 Å². The third-order valence-electron chi connectivity index (χ3n) is 5.74. The average Bonchev–Trinajstić information content (AvgIpc) is 3.07. The number of ether oxygens (including phenoxy) is 1. The van der Waals surface area contributed by atoms with Gasteiger partial charge in [0.1, 0.15) is 12.0 Å². The first-order valence-electron chi connectivity index (χ1n) is 10.3. The molecule has 3 aromatic carbocycles. The Hall–Kier alpha value is -3.80. The maximum atomic E-state index is 13.0. The zero-order valence-electron chi connectivity index (χ0n) is 17.2. The highest BCUT2D eigenvalue weighted by atomic mass is 16.7. The van der Waals surface area contributed by atoms with Gasteiger partial charge in [0, 0.05) is 12.5 Å². The van der Waals surface area contributed by atoms with Crippen molar-refractivity contribution in [2.75, 3.05) is 7.11 Å². The van der Waals surface area contributed by atoms with E-state index in [0.29, 0.717) is 17.9 Å². The van der Waals surface area contributed by atoms with Crippen LogP contribution in [0.5, 0.6) is 11.5 Å². The monoisotopic (exact) mass is 411 g/mol. The first-order chi connectivity index (χ1) is 15.2. The van der Waals surface area contributed by atoms with E-state index < -0.39 is 12.7 Å². The number of fused-ring (bicyclic) bond motifs is 2. The van der Waals surface area contributed by atoms with E-state index in [0.717, 1.165) is 16.7 Å². The van der Waals surface area contributed by atoms with Crippen molar-refractivity contribution in [3.63, 3.8) is 0 Å². The van der Waals surface area contributed by atoms with Crippen molar-refractivity contribution >= 4 is 24.9 Å². The summed E-state index contributed by atoms with van der Waals surface area (Å²) in [5, 5.41) is 0. The van der Waals surface area contributed by atoms with Crippen molar-refractivity contribution in [1.29, 1.82) is 0 Å². The molecular formula is C25H22BNO4. The van der Waals surface area contributed by atoms with E-state index in [9.17, 15) is 4.79 Å². The lowest BCUT2D eigenvalue weighted by molar-refractivity contribution is -0.432. The fourth-order valence-corrected chi connectivity index (χ4v) is 4.15. The van der Waals surface area contributed by atoms with Gasteiger partial charge in [-0.2, -0.15) is 0 Å². The average molecular weight is 411 g/mol. The molecule has 5 nitrogen and oxygen atoms in total. The largest absolute Gasteiger partial charge is 0.675 e. The second-order valence-electron chi connectivity index (χ2n) is 7.74. The maximum Gasteiger partial charge on any atom is 0.675 e. The molecular weight excluding hydrogens is 389 g/mol. The molecule has 1 saturated heterocycles. The Morgan fingerprint density at radius 3 is 2.48 bits per heavy atom. The lowest BCUT2D eigenvalue weighted by atomic mass is 9.69. The SMILES string of the molecule is COc1ccc2c(c1)O[B-]1(/C=C/c3ccccc3)OC(=O)C(Cc3ccccc3)[N+]1=C2. The van der Waals surface area contributed by atoms with E-state index in [1.165, 1.54) is 0 Å². The summed E-state index contributed by atoms with van der Waals surface area (Å²) in [5.74, 6) is 2.87. The van der Waals surface area contributed by atoms with Gasteiger partial charge >= 0.3 is 12.7 Å². The minimum atomic E-state index is -2.19. The summed E-state index contributed by atoms with van der Waals surface area (Å²) in [6, 6.07) is 25.0. The van der Waals surface area contributed by atoms with Crippen LogP contribution in [0.2, 0.25) is 0 Å². The van der Waals surface area contributed by atoms with Crippen molar-refractivity contribution in [3.8, 4) is 11.5 Å². The van der Waals surface area contributed by atoms with Gasteiger partial charge in [-0.1, -0.05) is 72.7 Å². The van der Waals surface area contributed by atoms with Crippen LogP contribution in [0.1, 0.15) is 16.7 Å². The van der Waals surface area contributed by atoms with Crippen LogP contribution in [0.25, 0.3) is 6.08 Å². The standard InChI is InChI=1S/C25H22BNO4/c1-29-22-13-12-21-18-27-23(16-20-10-6-3-7-11-20)25(28)31-26(27,30-24(21)17-22)15-14-19-8-4-2-5-9-19/h2-15,17-18,23H,16H2,1H3/b15-14+. The number of carbonyl (C=O) groups is 1. The first kappa shape index (κ1) is 19.2. The molecule has 0 aliphatic carbocycles. The van der Waals surface area contributed by atoms with Crippen molar-refractivity contribution in [1.82, 2.24) is 0 Å². The van der Waals surface area contributed by atoms with Crippen LogP contribution in [-0.4, -0.2) is 36.5 Å². The third-order valence-corrected chi connectivity index (χ3v) is 5.74. The van der Waals surface area contributed by atoms with Gasteiger partial charge in [-0.25, -0.2) is 4.79 Å². The molecule has 0 saturated carbocycles. The number of nitrogens with zero attached hydrogens (tertiary/aromatic N) is 1. The summed E-state index contributed by atoms with van der Waals surface area (Å²) in [5.41, 5.74) is 2.95. The van der Waals surface area contributed by atoms with Gasteiger partial charge < -0.3 is 18.5 Å². The molecule has 0 spiro atoms. The number of hydrogen-bond donors (Lipinski definition) is 0. The molecule has 2 aliphatic rings. The molecule has 0 bridgehead atoms. The Balaban J connectivity index is 1.58. The van der Waals surface area contributed by atoms with Crippen LogP contribution in [0.4, 0.5) is 0 Å². The summed E-state index contributed by atoms with van der Waals surface area (Å²) >= 11 is 0. The summed E-state index contributed by atoms with van der Waals surface area (Å²) in [4.78, 5) is 13.0. The molecule has 5 rings (SSSR count). The Morgan fingerprint density at radius 1 is 1.00 bits per heavy atom. The lowest BCUT2D eigenvalue weighted by Gasteiger charge is -2.33. The second-order valence-corrected chi connectivity index (χ2v) is 7.74. The van der Waals surface area contributed by atoms with Crippen LogP contribution < -0.4 is 9.39 Å². The molecule has 31 heavy (non-hydrogen) atoms. The maximum absolute atomic E-state index is 13.0. The molecule has 0 amide bonds. The van der Waals surface area contributed by atoms with Gasteiger partial charge in [0.15, 0.2) is 0 Å². The molecule has 154 valence electrons. The molecule has 0 N–H and O–H groups in total. The highest BCUT2D eigenvalue weighted by molar-refractivity contribution is 6.70. The van der Waals surface area contributed by atoms with Gasteiger partial charge in [0.2, 0.25) is 6.04 Å².